The number of phenolic OH excluding ortho intramolecular Hbond substituents is 1. The van der Waals surface area contributed by atoms with Crippen molar-refractivity contribution in [1.29, 1.82) is 0 Å². The Balaban J connectivity index is 2.17. The zero-order valence-corrected chi connectivity index (χ0v) is 10.8. The summed E-state index contributed by atoms with van der Waals surface area (Å²) in [5.41, 5.74) is -0.202. The number of carbonyl (C=O) groups excluding carboxylic acids is 2. The molecule has 0 saturated carbocycles. The maximum absolute atomic E-state index is 12.0. The number of imide groups is 1. The molecule has 0 radical (unpaired) electrons. The zero-order chi connectivity index (χ0) is 14.0. The van der Waals surface area contributed by atoms with Crippen LogP contribution in [0.3, 0.4) is 0 Å². The van der Waals surface area contributed by atoms with Crippen LogP contribution in [0, 0.1) is 0 Å². The standard InChI is InChI=1S/C13H15N3O3/c1-3-13(2)11(18)16(12(19)15-13)14-8-9-4-6-10(17)7-5-9/h4-8,17H,3H2,1-2H3,(H,15,19)/b14-8+. The van der Waals surface area contributed by atoms with Crippen LogP contribution in [-0.2, 0) is 4.79 Å². The van der Waals surface area contributed by atoms with Crippen molar-refractivity contribution in [3.63, 3.8) is 0 Å². The molecule has 1 unspecified atom stereocenters. The van der Waals surface area contributed by atoms with Crippen molar-refractivity contribution < 1.29 is 14.7 Å². The van der Waals surface area contributed by atoms with Gasteiger partial charge in [-0.2, -0.15) is 5.10 Å². The van der Waals surface area contributed by atoms with Gasteiger partial charge in [-0.1, -0.05) is 6.92 Å². The average molecular weight is 261 g/mol. The maximum Gasteiger partial charge on any atom is 0.346 e. The Kier molecular flexibility index (Phi) is 3.25. The fourth-order valence-electron chi connectivity index (χ4n) is 1.70. The number of urea groups is 1. The van der Waals surface area contributed by atoms with Gasteiger partial charge in [0.2, 0.25) is 0 Å². The first-order valence-corrected chi connectivity index (χ1v) is 5.96. The lowest BCUT2D eigenvalue weighted by molar-refractivity contribution is -0.130. The number of nitrogens with one attached hydrogen (secondary N) is 1. The van der Waals surface area contributed by atoms with Gasteiger partial charge in [-0.05, 0) is 43.2 Å². The van der Waals surface area contributed by atoms with E-state index < -0.39 is 11.6 Å². The van der Waals surface area contributed by atoms with Gasteiger partial charge in [0.05, 0.1) is 6.21 Å². The summed E-state index contributed by atoms with van der Waals surface area (Å²) in [4.78, 5) is 23.7. The van der Waals surface area contributed by atoms with E-state index in [1.165, 1.54) is 18.3 Å². The third-order valence-corrected chi connectivity index (χ3v) is 3.16. The molecule has 1 aliphatic rings. The van der Waals surface area contributed by atoms with Gasteiger partial charge in [0.25, 0.3) is 5.91 Å². The quantitative estimate of drug-likeness (QED) is 0.638. The third-order valence-electron chi connectivity index (χ3n) is 3.16. The molecule has 6 heteroatoms. The number of hydrazone groups is 1. The Bertz CT molecular complexity index is 539. The molecule has 1 aromatic rings. The number of amides is 3. The fraction of sp³-hybridized carbons (Fsp3) is 0.308. The van der Waals surface area contributed by atoms with Crippen molar-refractivity contribution in [2.45, 2.75) is 25.8 Å². The van der Waals surface area contributed by atoms with Gasteiger partial charge in [0.15, 0.2) is 0 Å². The van der Waals surface area contributed by atoms with Gasteiger partial charge in [-0.3, -0.25) is 4.79 Å². The first kappa shape index (κ1) is 13.1. The van der Waals surface area contributed by atoms with E-state index in [4.69, 9.17) is 5.11 Å². The van der Waals surface area contributed by atoms with Crippen LogP contribution in [0.25, 0.3) is 0 Å². The molecule has 0 bridgehead atoms. The molecule has 1 atom stereocenters. The van der Waals surface area contributed by atoms with Crippen molar-refractivity contribution in [2.75, 3.05) is 0 Å². The first-order chi connectivity index (χ1) is 8.96. The molecule has 1 saturated heterocycles. The number of hydrogen-bond acceptors (Lipinski definition) is 4. The second-order valence-electron chi connectivity index (χ2n) is 4.57. The summed E-state index contributed by atoms with van der Waals surface area (Å²) >= 11 is 0. The first-order valence-electron chi connectivity index (χ1n) is 5.96. The van der Waals surface area contributed by atoms with Crippen LogP contribution in [0.2, 0.25) is 0 Å². The minimum Gasteiger partial charge on any atom is -0.508 e. The number of hydrogen-bond donors (Lipinski definition) is 2. The molecule has 1 aromatic carbocycles. The minimum atomic E-state index is -0.886. The van der Waals surface area contributed by atoms with Gasteiger partial charge >= 0.3 is 6.03 Å². The second kappa shape index (κ2) is 4.72. The van der Waals surface area contributed by atoms with Crippen molar-refractivity contribution >= 4 is 18.2 Å². The van der Waals surface area contributed by atoms with Gasteiger partial charge in [0, 0.05) is 0 Å². The molecule has 1 heterocycles. The summed E-state index contributed by atoms with van der Waals surface area (Å²) in [6.07, 6.45) is 1.90. The topological polar surface area (TPSA) is 82.0 Å². The summed E-state index contributed by atoms with van der Waals surface area (Å²) in [6, 6.07) is 5.75. The highest BCUT2D eigenvalue weighted by Crippen LogP contribution is 2.20. The van der Waals surface area contributed by atoms with E-state index in [0.29, 0.717) is 12.0 Å². The molecule has 0 aromatic heterocycles. The van der Waals surface area contributed by atoms with Crippen LogP contribution in [0.4, 0.5) is 4.79 Å². The Morgan fingerprint density at radius 3 is 2.53 bits per heavy atom. The summed E-state index contributed by atoms with van der Waals surface area (Å²) in [6.45, 7) is 3.49. The van der Waals surface area contributed by atoms with Crippen LogP contribution >= 0.6 is 0 Å². The number of aromatic hydroxyl groups is 1. The summed E-state index contributed by atoms with van der Waals surface area (Å²) < 4.78 is 0. The van der Waals surface area contributed by atoms with Crippen molar-refractivity contribution in [1.82, 2.24) is 10.3 Å². The lowest BCUT2D eigenvalue weighted by Crippen LogP contribution is -2.42. The predicted octanol–water partition coefficient (Wildman–Crippen LogP) is 1.45. The van der Waals surface area contributed by atoms with E-state index in [2.05, 4.69) is 10.4 Å². The lowest BCUT2D eigenvalue weighted by Gasteiger charge is -2.17. The minimum absolute atomic E-state index is 0.144. The molecule has 2 rings (SSSR count). The number of carbonyl (C=O) groups is 2. The molecule has 19 heavy (non-hydrogen) atoms. The van der Waals surface area contributed by atoms with E-state index in [1.54, 1.807) is 19.1 Å². The monoisotopic (exact) mass is 261 g/mol. The maximum atomic E-state index is 12.0. The third kappa shape index (κ3) is 2.42. The summed E-state index contributed by atoms with van der Waals surface area (Å²) in [5, 5.41) is 16.5. The van der Waals surface area contributed by atoms with Crippen LogP contribution in [0.1, 0.15) is 25.8 Å². The molecular weight excluding hydrogens is 246 g/mol. The highest BCUT2D eigenvalue weighted by molar-refractivity contribution is 6.07. The zero-order valence-electron chi connectivity index (χ0n) is 10.8. The molecule has 0 spiro atoms. The van der Waals surface area contributed by atoms with Crippen LogP contribution in [0.5, 0.6) is 5.75 Å². The van der Waals surface area contributed by atoms with Gasteiger partial charge in [-0.25, -0.2) is 4.79 Å². The van der Waals surface area contributed by atoms with Gasteiger partial charge < -0.3 is 10.4 Å². The van der Waals surface area contributed by atoms with Crippen LogP contribution in [-0.4, -0.2) is 33.8 Å². The summed E-state index contributed by atoms with van der Waals surface area (Å²) in [7, 11) is 0. The van der Waals surface area contributed by atoms with E-state index in [9.17, 15) is 9.59 Å². The van der Waals surface area contributed by atoms with Gasteiger partial charge in [0.1, 0.15) is 11.3 Å². The number of benzene rings is 1. The lowest BCUT2D eigenvalue weighted by atomic mass is 10.00. The average Bonchev–Trinajstić information content (AvgIpc) is 2.61. The van der Waals surface area contributed by atoms with Crippen LogP contribution in [0.15, 0.2) is 29.4 Å². The molecule has 3 amide bonds. The predicted molar refractivity (Wildman–Crippen MR) is 69.8 cm³/mol. The van der Waals surface area contributed by atoms with E-state index in [1.807, 2.05) is 6.92 Å². The highest BCUT2D eigenvalue weighted by atomic mass is 16.3. The fourth-order valence-corrected chi connectivity index (χ4v) is 1.70. The molecular formula is C13H15N3O3. The number of phenols is 1. The largest absolute Gasteiger partial charge is 0.508 e. The Labute approximate surface area is 110 Å². The Morgan fingerprint density at radius 2 is 2.00 bits per heavy atom. The van der Waals surface area contributed by atoms with E-state index >= 15 is 0 Å². The normalized spacial score (nSPS) is 23.2. The van der Waals surface area contributed by atoms with E-state index in [0.717, 1.165) is 5.01 Å². The molecule has 2 N–H and O–H groups in total. The Hall–Kier alpha value is -2.37. The smallest absolute Gasteiger partial charge is 0.346 e. The number of nitrogens with zero attached hydrogens (tertiary/aromatic N) is 2. The molecule has 0 aliphatic carbocycles. The molecule has 100 valence electrons. The SMILES string of the molecule is CCC1(C)NC(=O)N(/N=C/c2ccc(O)cc2)C1=O. The second-order valence-corrected chi connectivity index (χ2v) is 4.57. The van der Waals surface area contributed by atoms with Gasteiger partial charge in [-0.15, -0.1) is 5.01 Å². The molecule has 1 aliphatic heterocycles. The van der Waals surface area contributed by atoms with Crippen molar-refractivity contribution in [2.24, 2.45) is 5.10 Å². The molecule has 1 fully saturated rings. The van der Waals surface area contributed by atoms with Crippen LogP contribution < -0.4 is 5.32 Å². The Morgan fingerprint density at radius 1 is 1.37 bits per heavy atom. The number of rotatable bonds is 3. The van der Waals surface area contributed by atoms with Crippen molar-refractivity contribution in [3.05, 3.63) is 29.8 Å². The van der Waals surface area contributed by atoms with Crippen molar-refractivity contribution in [3.8, 4) is 5.75 Å². The highest BCUT2D eigenvalue weighted by Gasteiger charge is 2.46. The molecule has 6 nitrogen and oxygen atoms in total. The summed E-state index contributed by atoms with van der Waals surface area (Å²) in [5.74, 6) is -0.222. The van der Waals surface area contributed by atoms with E-state index in [-0.39, 0.29) is 11.7 Å².